The third-order valence-corrected chi connectivity index (χ3v) is 5.81. The quantitative estimate of drug-likeness (QED) is 0.560. The van der Waals surface area contributed by atoms with Gasteiger partial charge in [-0.2, -0.15) is 0 Å². The van der Waals surface area contributed by atoms with Crippen LogP contribution in [-0.2, 0) is 9.47 Å². The molecule has 0 saturated carbocycles. The minimum Gasteiger partial charge on any atom is -0.361 e. The molecule has 128 valence electrons. The molecule has 0 aliphatic heterocycles. The lowest BCUT2D eigenvalue weighted by molar-refractivity contribution is -0.144. The van der Waals surface area contributed by atoms with Crippen molar-refractivity contribution in [2.24, 2.45) is 0 Å². The number of halogens is 4. The van der Waals surface area contributed by atoms with Crippen LogP contribution in [-0.4, -0.2) is 46.8 Å². The molecule has 23 heavy (non-hydrogen) atoms. The fraction of sp³-hybridized carbons (Fsp3) is 0.467. The first-order valence-corrected chi connectivity index (χ1v) is 8.30. The second-order valence-electron chi connectivity index (χ2n) is 5.23. The molecule has 2 aliphatic carbocycles. The van der Waals surface area contributed by atoms with Crippen LogP contribution in [0, 0.1) is 0 Å². The predicted molar refractivity (Wildman–Crippen MR) is 91.9 cm³/mol. The molecule has 0 spiro atoms. The Bertz CT molecular complexity index is 561. The van der Waals surface area contributed by atoms with Crippen molar-refractivity contribution in [1.29, 1.82) is 0 Å². The van der Waals surface area contributed by atoms with Gasteiger partial charge in [-0.15, -0.1) is 23.2 Å². The Labute approximate surface area is 154 Å². The Kier molecular flexibility index (Phi) is 5.92. The number of ether oxygens (including phenoxy) is 2. The lowest BCUT2D eigenvalue weighted by atomic mass is 9.88. The highest BCUT2D eigenvalue weighted by atomic mass is 35.5. The second kappa shape index (κ2) is 7.06. The molecule has 0 aromatic rings. The highest BCUT2D eigenvalue weighted by Gasteiger charge is 2.43. The van der Waals surface area contributed by atoms with Gasteiger partial charge in [0.1, 0.15) is 10.8 Å². The van der Waals surface area contributed by atoms with Crippen LogP contribution in [0.4, 0.5) is 0 Å². The zero-order chi connectivity index (χ0) is 17.4. The Balaban J connectivity index is 2.37. The van der Waals surface area contributed by atoms with E-state index in [0.29, 0.717) is 21.2 Å². The highest BCUT2D eigenvalue weighted by Crippen LogP contribution is 2.42. The molecule has 0 bridgehead atoms. The van der Waals surface area contributed by atoms with Crippen LogP contribution in [0.25, 0.3) is 0 Å². The fourth-order valence-corrected chi connectivity index (χ4v) is 3.71. The molecule has 2 rings (SSSR count). The van der Waals surface area contributed by atoms with Crippen LogP contribution in [0.15, 0.2) is 45.5 Å². The average molecular weight is 402 g/mol. The van der Waals surface area contributed by atoms with Crippen LogP contribution in [0.3, 0.4) is 0 Å². The standard InChI is InChI=1S/C15H16Cl4O4/c1-22-14(20)5-3-10(16)8(12(14)18)7-9-11(17)4-6-15(21,23-2)13(9)19/h3-6,12-13,20-21H,7H2,1-2H3. The van der Waals surface area contributed by atoms with Gasteiger partial charge in [-0.25, -0.2) is 0 Å². The number of hydrogen-bond donors (Lipinski definition) is 2. The Morgan fingerprint density at radius 1 is 0.913 bits per heavy atom. The SMILES string of the molecule is COC1(O)C=CC(Cl)=C(CC2=C(Cl)C=CC(O)(OC)C2Cl)C1Cl. The van der Waals surface area contributed by atoms with Crippen LogP contribution in [0.1, 0.15) is 6.42 Å². The van der Waals surface area contributed by atoms with Gasteiger partial charge in [-0.1, -0.05) is 23.2 Å². The van der Waals surface area contributed by atoms with Gasteiger partial charge in [0, 0.05) is 24.3 Å². The zero-order valence-electron chi connectivity index (χ0n) is 12.4. The van der Waals surface area contributed by atoms with Crippen molar-refractivity contribution in [3.8, 4) is 0 Å². The summed E-state index contributed by atoms with van der Waals surface area (Å²) in [6.45, 7) is 0. The topological polar surface area (TPSA) is 58.9 Å². The van der Waals surface area contributed by atoms with Crippen molar-refractivity contribution in [3.05, 3.63) is 45.5 Å². The Morgan fingerprint density at radius 2 is 1.26 bits per heavy atom. The average Bonchev–Trinajstić information content (AvgIpc) is 2.54. The maximum atomic E-state index is 10.3. The van der Waals surface area contributed by atoms with E-state index < -0.39 is 22.3 Å². The third-order valence-electron chi connectivity index (χ3n) is 3.92. The van der Waals surface area contributed by atoms with Crippen molar-refractivity contribution in [1.82, 2.24) is 0 Å². The molecule has 4 unspecified atom stereocenters. The van der Waals surface area contributed by atoms with Crippen molar-refractivity contribution < 1.29 is 19.7 Å². The van der Waals surface area contributed by atoms with Gasteiger partial charge >= 0.3 is 0 Å². The van der Waals surface area contributed by atoms with Gasteiger partial charge in [0.15, 0.2) is 0 Å². The minimum atomic E-state index is -1.69. The summed E-state index contributed by atoms with van der Waals surface area (Å²) in [5.74, 6) is -3.38. The van der Waals surface area contributed by atoms with Crippen LogP contribution < -0.4 is 0 Å². The van der Waals surface area contributed by atoms with E-state index in [1.54, 1.807) is 0 Å². The minimum absolute atomic E-state index is 0.145. The fourth-order valence-electron chi connectivity index (χ4n) is 2.41. The maximum Gasteiger partial charge on any atom is 0.206 e. The molecule has 0 saturated heterocycles. The number of alkyl halides is 2. The molecule has 8 heteroatoms. The second-order valence-corrected chi connectivity index (χ2v) is 6.91. The molecule has 2 aliphatic rings. The number of methoxy groups -OCH3 is 2. The Morgan fingerprint density at radius 3 is 1.57 bits per heavy atom. The van der Waals surface area contributed by atoms with E-state index in [2.05, 4.69) is 0 Å². The molecule has 0 fully saturated rings. The summed E-state index contributed by atoms with van der Waals surface area (Å²) in [5.41, 5.74) is 0.959. The molecule has 4 nitrogen and oxygen atoms in total. The van der Waals surface area contributed by atoms with E-state index in [9.17, 15) is 10.2 Å². The van der Waals surface area contributed by atoms with E-state index in [0.717, 1.165) is 0 Å². The van der Waals surface area contributed by atoms with E-state index in [1.165, 1.54) is 38.5 Å². The van der Waals surface area contributed by atoms with Crippen molar-refractivity contribution >= 4 is 46.4 Å². The van der Waals surface area contributed by atoms with E-state index in [4.69, 9.17) is 55.9 Å². The lowest BCUT2D eigenvalue weighted by Crippen LogP contribution is -2.44. The summed E-state index contributed by atoms with van der Waals surface area (Å²) in [5, 5.41) is 19.5. The van der Waals surface area contributed by atoms with E-state index >= 15 is 0 Å². The summed E-state index contributed by atoms with van der Waals surface area (Å²) in [6, 6.07) is 0. The van der Waals surface area contributed by atoms with Gasteiger partial charge in [-0.3, -0.25) is 0 Å². The van der Waals surface area contributed by atoms with Gasteiger partial charge in [0.05, 0.1) is 0 Å². The van der Waals surface area contributed by atoms with Crippen LogP contribution in [0.2, 0.25) is 0 Å². The molecular weight excluding hydrogens is 386 g/mol. The largest absolute Gasteiger partial charge is 0.361 e. The monoisotopic (exact) mass is 400 g/mol. The zero-order valence-corrected chi connectivity index (χ0v) is 15.4. The summed E-state index contributed by atoms with van der Waals surface area (Å²) in [4.78, 5) is 0. The van der Waals surface area contributed by atoms with Gasteiger partial charge < -0.3 is 19.7 Å². The van der Waals surface area contributed by atoms with Crippen molar-refractivity contribution in [2.75, 3.05) is 14.2 Å². The molecule has 0 aromatic heterocycles. The smallest absolute Gasteiger partial charge is 0.206 e. The summed E-state index contributed by atoms with van der Waals surface area (Å²) in [7, 11) is 2.67. The number of hydrogen-bond acceptors (Lipinski definition) is 4. The molecule has 0 amide bonds. The first-order chi connectivity index (χ1) is 10.7. The van der Waals surface area contributed by atoms with Crippen molar-refractivity contribution in [3.63, 3.8) is 0 Å². The molecule has 2 N–H and O–H groups in total. The highest BCUT2D eigenvalue weighted by molar-refractivity contribution is 6.34. The predicted octanol–water partition coefficient (Wildman–Crippen LogP) is 3.39. The van der Waals surface area contributed by atoms with Crippen LogP contribution in [0.5, 0.6) is 0 Å². The third kappa shape index (κ3) is 3.51. The first-order valence-electron chi connectivity index (χ1n) is 6.67. The normalized spacial score (nSPS) is 37.7. The van der Waals surface area contributed by atoms with Crippen LogP contribution >= 0.6 is 46.4 Å². The molecular formula is C15H16Cl4O4. The molecule has 0 aromatic carbocycles. The molecule has 0 heterocycles. The number of allylic oxidation sites excluding steroid dienone is 4. The van der Waals surface area contributed by atoms with Gasteiger partial charge in [0.2, 0.25) is 11.6 Å². The molecule has 0 radical (unpaired) electrons. The number of aliphatic hydroxyl groups is 2. The lowest BCUT2D eigenvalue weighted by Gasteiger charge is -2.36. The summed E-state index contributed by atoms with van der Waals surface area (Å²) in [6.07, 6.45) is 5.89. The number of rotatable bonds is 4. The summed E-state index contributed by atoms with van der Waals surface area (Å²) >= 11 is 25.0. The maximum absolute atomic E-state index is 10.3. The first kappa shape index (κ1) is 19.3. The van der Waals surface area contributed by atoms with Gasteiger partial charge in [0.25, 0.3) is 0 Å². The van der Waals surface area contributed by atoms with Crippen molar-refractivity contribution in [2.45, 2.75) is 28.7 Å². The van der Waals surface area contributed by atoms with Gasteiger partial charge in [-0.05, 0) is 41.9 Å². The van der Waals surface area contributed by atoms with E-state index in [-0.39, 0.29) is 6.42 Å². The molecule has 4 atom stereocenters. The van der Waals surface area contributed by atoms with E-state index in [1.807, 2.05) is 0 Å². The summed E-state index contributed by atoms with van der Waals surface area (Å²) < 4.78 is 10.1. The Hall–Kier alpha value is -0.0400.